The zero-order valence-corrected chi connectivity index (χ0v) is 39.8. The molecule has 0 unspecified atom stereocenters. The lowest BCUT2D eigenvalue weighted by atomic mass is 9.89. The molecular weight excluding hydrogens is 719 g/mol. The first kappa shape index (κ1) is 55.7. The Hall–Kier alpha value is -2.44. The van der Waals surface area contributed by atoms with E-state index in [1.54, 1.807) is 0 Å². The summed E-state index contributed by atoms with van der Waals surface area (Å²) in [7, 11) is 1.93. The fraction of sp³-hybridized carbons (Fsp3) is 0.569. The van der Waals surface area contributed by atoms with Gasteiger partial charge in [0.25, 0.3) is 0 Å². The van der Waals surface area contributed by atoms with Crippen molar-refractivity contribution in [2.75, 3.05) is 26.7 Å². The highest BCUT2D eigenvalue weighted by molar-refractivity contribution is 7.97. The Bertz CT molecular complexity index is 1600. The first-order valence-electron chi connectivity index (χ1n) is 21.4. The Balaban J connectivity index is 0. The lowest BCUT2D eigenvalue weighted by Gasteiger charge is -2.41. The zero-order chi connectivity index (χ0) is 42.0. The number of hydrogen-bond acceptors (Lipinski definition) is 5. The molecular formula is C51H87N3S2. The maximum Gasteiger partial charge on any atom is 0.0519 e. The molecule has 56 heavy (non-hydrogen) atoms. The Morgan fingerprint density at radius 3 is 1.73 bits per heavy atom. The van der Waals surface area contributed by atoms with Crippen molar-refractivity contribution in [3.05, 3.63) is 95.5 Å². The van der Waals surface area contributed by atoms with Gasteiger partial charge in [0.2, 0.25) is 0 Å². The second-order valence-corrected chi connectivity index (χ2v) is 17.8. The van der Waals surface area contributed by atoms with Gasteiger partial charge in [-0.25, -0.2) is 8.61 Å². The second-order valence-electron chi connectivity index (χ2n) is 15.5. The maximum atomic E-state index is 4.39. The van der Waals surface area contributed by atoms with Crippen molar-refractivity contribution in [3.63, 3.8) is 0 Å². The van der Waals surface area contributed by atoms with Crippen LogP contribution in [0.1, 0.15) is 143 Å². The van der Waals surface area contributed by atoms with Crippen molar-refractivity contribution in [3.8, 4) is 0 Å². The fourth-order valence-corrected chi connectivity index (χ4v) is 8.34. The number of nitrogens with one attached hydrogen (secondary N) is 1. The molecule has 0 bridgehead atoms. The van der Waals surface area contributed by atoms with E-state index in [-0.39, 0.29) is 13.0 Å². The number of benzene rings is 3. The Labute approximate surface area is 357 Å². The molecule has 1 N–H and O–H groups in total. The van der Waals surface area contributed by atoms with Gasteiger partial charge in [-0.3, -0.25) is 0 Å². The molecule has 0 aromatic heterocycles. The third kappa shape index (κ3) is 20.8. The minimum absolute atomic E-state index is 0. The summed E-state index contributed by atoms with van der Waals surface area (Å²) < 4.78 is 5.05. The van der Waals surface area contributed by atoms with Gasteiger partial charge in [-0.1, -0.05) is 164 Å². The van der Waals surface area contributed by atoms with Gasteiger partial charge in [0.15, 0.2) is 0 Å². The van der Waals surface area contributed by atoms with Crippen LogP contribution in [0.15, 0.2) is 94.9 Å². The molecule has 0 amide bonds. The first-order chi connectivity index (χ1) is 26.2. The van der Waals surface area contributed by atoms with Crippen molar-refractivity contribution < 1.29 is 0 Å². The molecule has 1 aliphatic carbocycles. The predicted octanol–water partition coefficient (Wildman–Crippen LogP) is 14.8. The van der Waals surface area contributed by atoms with E-state index in [0.717, 1.165) is 37.2 Å². The second kappa shape index (κ2) is 31.5. The molecule has 0 aliphatic heterocycles. The summed E-state index contributed by atoms with van der Waals surface area (Å²) in [5, 5.41) is 8.38. The van der Waals surface area contributed by atoms with Crippen molar-refractivity contribution in [1.82, 2.24) is 13.9 Å². The third-order valence-corrected chi connectivity index (χ3v) is 11.4. The molecule has 0 heterocycles. The molecule has 4 rings (SSSR count). The van der Waals surface area contributed by atoms with Crippen LogP contribution < -0.4 is 15.8 Å². The average Bonchev–Trinajstić information content (AvgIpc) is 3.68. The van der Waals surface area contributed by atoms with E-state index in [1.807, 2.05) is 58.6 Å². The van der Waals surface area contributed by atoms with Crippen LogP contribution in [0.4, 0.5) is 0 Å². The molecule has 1 aliphatic rings. The van der Waals surface area contributed by atoms with Crippen molar-refractivity contribution in [2.24, 2.45) is 17.8 Å². The quantitative estimate of drug-likeness (QED) is 0.121. The summed E-state index contributed by atoms with van der Waals surface area (Å²) in [6, 6.07) is 22.2. The van der Waals surface area contributed by atoms with E-state index in [0.29, 0.717) is 5.92 Å². The van der Waals surface area contributed by atoms with Crippen molar-refractivity contribution >= 4 is 46.8 Å². The Morgan fingerprint density at radius 1 is 0.732 bits per heavy atom. The van der Waals surface area contributed by atoms with E-state index in [4.69, 9.17) is 0 Å². The average molecular weight is 806 g/mol. The van der Waals surface area contributed by atoms with Crippen LogP contribution in [0, 0.1) is 17.8 Å². The molecule has 0 saturated heterocycles. The molecule has 3 nitrogen and oxygen atoms in total. The molecule has 1 saturated carbocycles. The van der Waals surface area contributed by atoms with Gasteiger partial charge >= 0.3 is 0 Å². The van der Waals surface area contributed by atoms with Crippen molar-refractivity contribution in [1.29, 1.82) is 0 Å². The van der Waals surface area contributed by atoms with Crippen LogP contribution in [-0.2, 0) is 0 Å². The largest absolute Gasteiger partial charge is 0.391 e. The number of nitrogens with zero attached hydrogens (tertiary/aromatic N) is 2. The molecule has 3 aromatic rings. The van der Waals surface area contributed by atoms with Crippen LogP contribution in [0.25, 0.3) is 22.9 Å². The highest BCUT2D eigenvalue weighted by Gasteiger charge is 2.40. The van der Waals surface area contributed by atoms with Gasteiger partial charge in [-0.2, -0.15) is 0 Å². The van der Waals surface area contributed by atoms with Crippen LogP contribution in [0.3, 0.4) is 0 Å². The topological polar surface area (TPSA) is 18.5 Å². The van der Waals surface area contributed by atoms with Crippen LogP contribution in [0.2, 0.25) is 0 Å². The molecule has 0 atom stereocenters. The standard InChI is InChI=1S/C23H31NS.C19H30N2S.C4H10.2C2H6.CH4/c1-18(2)13-16-24(23(19(3)4)14-7-8-15-23)25-22-12-11-20-9-5-6-10-21(20)17-22;1-7-17-9-10-19(13-18(17)8-2)22-21(12-11-15(3)4)14-16(5)20-6;1-4(2)3;2*1-2;/h5-6,9-12,17-18H,3,7-8,13-16H2,1-2,4H3;7-10,13,15,20H,5,11-12,14H2,1-4,6H3;4H,1-3H3;2*1-2H3;1H4/b;17-7-,18-8-;;;;. The van der Waals surface area contributed by atoms with Gasteiger partial charge in [0, 0.05) is 42.2 Å². The van der Waals surface area contributed by atoms with Gasteiger partial charge in [0.1, 0.15) is 0 Å². The van der Waals surface area contributed by atoms with Crippen LogP contribution in [0.5, 0.6) is 0 Å². The molecule has 318 valence electrons. The zero-order valence-electron chi connectivity index (χ0n) is 38.1. The van der Waals surface area contributed by atoms with E-state index in [9.17, 15) is 0 Å². The highest BCUT2D eigenvalue weighted by Crippen LogP contribution is 2.45. The first-order valence-corrected chi connectivity index (χ1v) is 22.9. The fourth-order valence-electron chi connectivity index (χ4n) is 6.05. The maximum absolute atomic E-state index is 4.39. The molecule has 5 heteroatoms. The number of fused-ring (bicyclic) bond motifs is 1. The SMILES string of the molecule is C.C=C(C)C1(N(CCC(C)C)Sc2ccc3ccccc3c2)CCCC1.C=C(CN(CCC(C)C)Sc1ccc(=C/C)/c(=C\C)c1)NC.CC.CC.CC(C)C. The minimum atomic E-state index is 0. The smallest absolute Gasteiger partial charge is 0.0519 e. The molecule has 1 fully saturated rings. The number of likely N-dealkylation sites (N-methyl/N-ethyl adjacent to an activating group) is 1. The van der Waals surface area contributed by atoms with E-state index in [1.165, 1.54) is 75.1 Å². The lowest BCUT2D eigenvalue weighted by molar-refractivity contribution is 0.241. The Kier molecular flexibility index (Phi) is 31.3. The van der Waals surface area contributed by atoms with Crippen LogP contribution in [-0.4, -0.2) is 40.8 Å². The molecule has 0 spiro atoms. The summed E-state index contributed by atoms with van der Waals surface area (Å²) in [6.07, 6.45) is 11.9. The highest BCUT2D eigenvalue weighted by atomic mass is 32.2. The van der Waals surface area contributed by atoms with Gasteiger partial charge in [-0.05, 0) is 134 Å². The van der Waals surface area contributed by atoms with Crippen LogP contribution >= 0.6 is 23.9 Å². The summed E-state index contributed by atoms with van der Waals surface area (Å²) >= 11 is 3.76. The summed E-state index contributed by atoms with van der Waals surface area (Å²) in [4.78, 5) is 2.63. The molecule has 3 aromatic carbocycles. The van der Waals surface area contributed by atoms with Crippen molar-refractivity contribution in [2.45, 2.75) is 158 Å². The Morgan fingerprint density at radius 2 is 1.23 bits per heavy atom. The van der Waals surface area contributed by atoms with Gasteiger partial charge < -0.3 is 5.32 Å². The van der Waals surface area contributed by atoms with E-state index < -0.39 is 0 Å². The van der Waals surface area contributed by atoms with Gasteiger partial charge in [-0.15, -0.1) is 0 Å². The van der Waals surface area contributed by atoms with E-state index in [2.05, 4.69) is 169 Å². The number of rotatable bonds is 15. The predicted molar refractivity (Wildman–Crippen MR) is 263 cm³/mol. The summed E-state index contributed by atoms with van der Waals surface area (Å²) in [5.41, 5.74) is 2.56. The summed E-state index contributed by atoms with van der Waals surface area (Å²) in [6.45, 7) is 41.6. The van der Waals surface area contributed by atoms with E-state index >= 15 is 0 Å². The number of hydrogen-bond donors (Lipinski definition) is 1. The molecule has 0 radical (unpaired) electrons. The minimum Gasteiger partial charge on any atom is -0.391 e. The van der Waals surface area contributed by atoms with Gasteiger partial charge in [0.05, 0.1) is 5.54 Å². The summed E-state index contributed by atoms with van der Waals surface area (Å²) in [5.74, 6) is 2.27. The normalized spacial score (nSPS) is 13.6. The lowest BCUT2D eigenvalue weighted by Crippen LogP contribution is -2.44. The monoisotopic (exact) mass is 806 g/mol. The third-order valence-electron chi connectivity index (χ3n) is 9.14.